The maximum atomic E-state index is 12.4. The van der Waals surface area contributed by atoms with Crippen LogP contribution >= 0.6 is 11.6 Å². The molecule has 0 aliphatic heterocycles. The monoisotopic (exact) mass is 238 g/mol. The molecule has 1 rings (SSSR count). The fourth-order valence-corrected chi connectivity index (χ4v) is 1.30. The van der Waals surface area contributed by atoms with Crippen molar-refractivity contribution in [3.05, 3.63) is 37.8 Å². The quantitative estimate of drug-likeness (QED) is 0.497. The summed E-state index contributed by atoms with van der Waals surface area (Å²) in [4.78, 5) is 22.4. The number of hydrogen-bond acceptors (Lipinski definition) is 3. The van der Waals surface area contributed by atoms with Crippen LogP contribution in [0.4, 0.5) is 14.5 Å². The molecular weight excluding hydrogens is 234 g/mol. The molecule has 0 bridgehead atoms. The number of halogens is 3. The predicted molar refractivity (Wildman–Crippen MR) is 48.2 cm³/mol. The maximum absolute atomic E-state index is 12.4. The van der Waals surface area contributed by atoms with Crippen molar-refractivity contribution in [3.8, 4) is 0 Å². The van der Waals surface area contributed by atoms with Crippen LogP contribution in [0.25, 0.3) is 0 Å². The highest BCUT2D eigenvalue weighted by molar-refractivity contribution is 6.17. The van der Waals surface area contributed by atoms with Gasteiger partial charge in [-0.3, -0.25) is 14.9 Å². The van der Waals surface area contributed by atoms with Gasteiger partial charge in [0.25, 0.3) is 12.1 Å². The molecule has 0 fully saturated rings. The number of alkyl halides is 3. The van der Waals surface area contributed by atoms with E-state index in [1.165, 1.54) is 0 Å². The molecule has 0 amide bonds. The first-order valence-corrected chi connectivity index (χ1v) is 4.25. The number of nitrogens with one attached hydrogen (secondary N) is 1. The van der Waals surface area contributed by atoms with Crippen LogP contribution in [-0.2, 0) is 5.88 Å². The summed E-state index contributed by atoms with van der Waals surface area (Å²) in [5.74, 6) is -0.411. The largest absolute Gasteiger partial charge is 0.319 e. The third kappa shape index (κ3) is 2.30. The number of pyridine rings is 1. The minimum Gasteiger partial charge on any atom is -0.319 e. The Morgan fingerprint density at radius 3 is 2.60 bits per heavy atom. The van der Waals surface area contributed by atoms with Crippen molar-refractivity contribution in [2.75, 3.05) is 0 Å². The van der Waals surface area contributed by atoms with Crippen molar-refractivity contribution < 1.29 is 13.7 Å². The van der Waals surface area contributed by atoms with Gasteiger partial charge in [0, 0.05) is 6.07 Å². The first-order valence-electron chi connectivity index (χ1n) is 3.72. The summed E-state index contributed by atoms with van der Waals surface area (Å²) in [6, 6.07) is 0.499. The highest BCUT2D eigenvalue weighted by atomic mass is 35.5. The SMILES string of the molecule is O=c1cc(C(F)F)c([N+](=O)[O-])c(CCl)[nH]1. The lowest BCUT2D eigenvalue weighted by Gasteiger charge is -2.04. The standard InChI is InChI=1S/C7H5ClF2N2O3/c8-2-4-6(12(14)15)3(7(9)10)1-5(13)11-4/h1,7H,2H2,(H,11,13). The third-order valence-corrected chi connectivity index (χ3v) is 1.94. The second-order valence-electron chi connectivity index (χ2n) is 2.61. The molecule has 8 heteroatoms. The van der Waals surface area contributed by atoms with Gasteiger partial charge in [0.1, 0.15) is 11.3 Å². The summed E-state index contributed by atoms with van der Waals surface area (Å²) in [6.07, 6.45) is -3.09. The molecule has 0 radical (unpaired) electrons. The zero-order valence-corrected chi connectivity index (χ0v) is 7.92. The van der Waals surface area contributed by atoms with E-state index in [-0.39, 0.29) is 5.69 Å². The van der Waals surface area contributed by atoms with Crippen LogP contribution in [0.15, 0.2) is 10.9 Å². The number of hydrogen-bond donors (Lipinski definition) is 1. The summed E-state index contributed by atoms with van der Waals surface area (Å²) in [5, 5.41) is 10.5. The van der Waals surface area contributed by atoms with Crippen molar-refractivity contribution in [2.45, 2.75) is 12.3 Å². The van der Waals surface area contributed by atoms with Crippen LogP contribution in [-0.4, -0.2) is 9.91 Å². The zero-order valence-electron chi connectivity index (χ0n) is 7.17. The van der Waals surface area contributed by atoms with Crippen LogP contribution in [0.2, 0.25) is 0 Å². The smallest absolute Gasteiger partial charge is 0.298 e. The van der Waals surface area contributed by atoms with Gasteiger partial charge in [0.05, 0.1) is 10.8 Å². The Morgan fingerprint density at radius 1 is 1.60 bits per heavy atom. The Labute approximate surface area is 86.8 Å². The number of nitrogens with zero attached hydrogens (tertiary/aromatic N) is 1. The molecule has 0 saturated heterocycles. The molecule has 15 heavy (non-hydrogen) atoms. The van der Waals surface area contributed by atoms with Gasteiger partial charge < -0.3 is 4.98 Å². The van der Waals surface area contributed by atoms with E-state index >= 15 is 0 Å². The van der Waals surface area contributed by atoms with Gasteiger partial charge in [-0.25, -0.2) is 8.78 Å². The zero-order chi connectivity index (χ0) is 11.6. The topological polar surface area (TPSA) is 76.0 Å². The highest BCUT2D eigenvalue weighted by Gasteiger charge is 2.26. The summed E-state index contributed by atoms with van der Waals surface area (Å²) in [6.45, 7) is 0. The van der Waals surface area contributed by atoms with E-state index < -0.39 is 34.0 Å². The van der Waals surface area contributed by atoms with E-state index in [1.54, 1.807) is 0 Å². The molecule has 0 aliphatic carbocycles. The van der Waals surface area contributed by atoms with Crippen molar-refractivity contribution in [2.24, 2.45) is 0 Å². The minimum atomic E-state index is -3.09. The molecular formula is C7H5ClF2N2O3. The molecule has 1 heterocycles. The van der Waals surface area contributed by atoms with Crippen molar-refractivity contribution >= 4 is 17.3 Å². The van der Waals surface area contributed by atoms with Gasteiger partial charge in [-0.1, -0.05) is 0 Å². The fourth-order valence-electron chi connectivity index (χ4n) is 1.11. The molecule has 0 aliphatic rings. The Bertz CT molecular complexity index is 446. The molecule has 1 aromatic heterocycles. The van der Waals surface area contributed by atoms with E-state index in [2.05, 4.69) is 0 Å². The lowest BCUT2D eigenvalue weighted by atomic mass is 10.2. The second-order valence-corrected chi connectivity index (χ2v) is 2.87. The highest BCUT2D eigenvalue weighted by Crippen LogP contribution is 2.29. The van der Waals surface area contributed by atoms with Gasteiger partial charge in [-0.05, 0) is 0 Å². The van der Waals surface area contributed by atoms with Gasteiger partial charge in [-0.15, -0.1) is 11.6 Å². The third-order valence-electron chi connectivity index (χ3n) is 1.67. The van der Waals surface area contributed by atoms with Gasteiger partial charge >= 0.3 is 0 Å². The lowest BCUT2D eigenvalue weighted by Crippen LogP contribution is -2.13. The number of nitro groups is 1. The first-order chi connectivity index (χ1) is 6.97. The number of rotatable bonds is 3. The molecule has 82 valence electrons. The molecule has 0 saturated carbocycles. The van der Waals surface area contributed by atoms with E-state index in [4.69, 9.17) is 11.6 Å². The Morgan fingerprint density at radius 2 is 2.20 bits per heavy atom. The van der Waals surface area contributed by atoms with Crippen LogP contribution in [0.1, 0.15) is 17.7 Å². The first kappa shape index (κ1) is 11.6. The van der Waals surface area contributed by atoms with E-state index in [0.29, 0.717) is 6.07 Å². The average molecular weight is 239 g/mol. The Kier molecular flexibility index (Phi) is 3.35. The van der Waals surface area contributed by atoms with Gasteiger partial charge in [0.15, 0.2) is 0 Å². The summed E-state index contributed by atoms with van der Waals surface area (Å²) in [5.41, 5.74) is -2.91. The molecule has 0 aromatic carbocycles. The van der Waals surface area contributed by atoms with Crippen molar-refractivity contribution in [1.29, 1.82) is 0 Å². The normalized spacial score (nSPS) is 10.7. The predicted octanol–water partition coefficient (Wildman–Crippen LogP) is 1.96. The van der Waals surface area contributed by atoms with Crippen LogP contribution in [0.3, 0.4) is 0 Å². The summed E-state index contributed by atoms with van der Waals surface area (Å²) < 4.78 is 24.8. The molecule has 1 aromatic rings. The summed E-state index contributed by atoms with van der Waals surface area (Å²) in [7, 11) is 0. The van der Waals surface area contributed by atoms with Crippen LogP contribution in [0.5, 0.6) is 0 Å². The summed E-state index contributed by atoms with van der Waals surface area (Å²) >= 11 is 5.31. The molecule has 1 N–H and O–H groups in total. The molecule has 5 nitrogen and oxygen atoms in total. The average Bonchev–Trinajstić information content (AvgIpc) is 2.15. The Balaban J connectivity index is 3.54. The maximum Gasteiger partial charge on any atom is 0.298 e. The second kappa shape index (κ2) is 4.35. The number of aromatic amines is 1. The van der Waals surface area contributed by atoms with E-state index in [0.717, 1.165) is 0 Å². The van der Waals surface area contributed by atoms with Crippen molar-refractivity contribution in [3.63, 3.8) is 0 Å². The Hall–Kier alpha value is -1.50. The van der Waals surface area contributed by atoms with E-state index in [1.807, 2.05) is 4.98 Å². The fraction of sp³-hybridized carbons (Fsp3) is 0.286. The molecule has 0 atom stereocenters. The van der Waals surface area contributed by atoms with Crippen molar-refractivity contribution in [1.82, 2.24) is 4.98 Å². The molecule has 0 unspecified atom stereocenters. The van der Waals surface area contributed by atoms with Gasteiger partial charge in [0.2, 0.25) is 5.56 Å². The van der Waals surface area contributed by atoms with Gasteiger partial charge in [-0.2, -0.15) is 0 Å². The van der Waals surface area contributed by atoms with Crippen LogP contribution in [0, 0.1) is 10.1 Å². The van der Waals surface area contributed by atoms with E-state index in [9.17, 15) is 23.7 Å². The lowest BCUT2D eigenvalue weighted by molar-refractivity contribution is -0.387. The number of H-pyrrole nitrogens is 1. The number of aromatic nitrogens is 1. The molecule has 0 spiro atoms. The van der Waals surface area contributed by atoms with Crippen LogP contribution < -0.4 is 5.56 Å². The minimum absolute atomic E-state index is 0.315.